The molecule has 0 heterocycles. The number of carbonyl (C=O) groups excluding carboxylic acids is 1. The monoisotopic (exact) mass is 374 g/mol. The fourth-order valence-corrected chi connectivity index (χ4v) is 2.59. The molecule has 142 valence electrons. The summed E-state index contributed by atoms with van der Waals surface area (Å²) < 4.78 is 11.0. The molecule has 1 N–H and O–H groups in total. The SMILES string of the molecule is COc1cc(/C=N/NC(=O)c2ccc(OCc3ccccc3)cc2)ccc1C. The molecule has 0 aromatic heterocycles. The van der Waals surface area contributed by atoms with E-state index in [-0.39, 0.29) is 5.91 Å². The van der Waals surface area contributed by atoms with E-state index in [1.54, 1.807) is 37.6 Å². The normalized spacial score (nSPS) is 10.6. The van der Waals surface area contributed by atoms with Crippen LogP contribution >= 0.6 is 0 Å². The number of aryl methyl sites for hydroxylation is 1. The Labute approximate surface area is 164 Å². The molecule has 0 unspecified atom stereocenters. The second kappa shape index (κ2) is 9.37. The summed E-state index contributed by atoms with van der Waals surface area (Å²) in [7, 11) is 1.62. The van der Waals surface area contributed by atoms with E-state index in [0.29, 0.717) is 17.9 Å². The number of carbonyl (C=O) groups is 1. The summed E-state index contributed by atoms with van der Waals surface area (Å²) in [5, 5.41) is 4.01. The number of amides is 1. The molecule has 0 bridgehead atoms. The molecule has 0 saturated heterocycles. The molecule has 3 aromatic rings. The first-order valence-corrected chi connectivity index (χ1v) is 8.90. The number of ether oxygens (including phenoxy) is 2. The van der Waals surface area contributed by atoms with Gasteiger partial charge in [0.2, 0.25) is 0 Å². The lowest BCUT2D eigenvalue weighted by atomic mass is 10.1. The summed E-state index contributed by atoms with van der Waals surface area (Å²) in [6.45, 7) is 2.45. The highest BCUT2D eigenvalue weighted by Crippen LogP contribution is 2.18. The molecule has 5 nitrogen and oxygen atoms in total. The number of rotatable bonds is 7. The van der Waals surface area contributed by atoms with Crippen LogP contribution in [0.15, 0.2) is 77.9 Å². The highest BCUT2D eigenvalue weighted by molar-refractivity contribution is 5.95. The summed E-state index contributed by atoms with van der Waals surface area (Å²) in [5.74, 6) is 1.20. The van der Waals surface area contributed by atoms with Crippen molar-refractivity contribution in [2.24, 2.45) is 5.10 Å². The molecule has 0 aliphatic rings. The maximum absolute atomic E-state index is 12.2. The third kappa shape index (κ3) is 5.20. The maximum atomic E-state index is 12.2. The van der Waals surface area contributed by atoms with Gasteiger partial charge in [-0.3, -0.25) is 4.79 Å². The summed E-state index contributed by atoms with van der Waals surface area (Å²) in [4.78, 5) is 12.2. The van der Waals surface area contributed by atoms with Crippen molar-refractivity contribution < 1.29 is 14.3 Å². The van der Waals surface area contributed by atoms with Crippen LogP contribution in [0.25, 0.3) is 0 Å². The van der Waals surface area contributed by atoms with Crippen molar-refractivity contribution in [1.82, 2.24) is 5.43 Å². The largest absolute Gasteiger partial charge is 0.496 e. The molecule has 0 aliphatic heterocycles. The van der Waals surface area contributed by atoms with E-state index in [1.807, 2.05) is 55.5 Å². The van der Waals surface area contributed by atoms with Gasteiger partial charge in [0.15, 0.2) is 0 Å². The first-order valence-electron chi connectivity index (χ1n) is 8.90. The fourth-order valence-electron chi connectivity index (χ4n) is 2.59. The zero-order valence-corrected chi connectivity index (χ0v) is 15.9. The van der Waals surface area contributed by atoms with Crippen molar-refractivity contribution in [2.45, 2.75) is 13.5 Å². The van der Waals surface area contributed by atoms with Gasteiger partial charge in [-0.15, -0.1) is 0 Å². The van der Waals surface area contributed by atoms with E-state index < -0.39 is 0 Å². The Kier molecular flexibility index (Phi) is 6.41. The molecule has 5 heteroatoms. The van der Waals surface area contributed by atoms with Crippen LogP contribution in [0.1, 0.15) is 27.0 Å². The molecule has 0 aliphatic carbocycles. The molecule has 1 amide bonds. The molecular formula is C23H22N2O3. The van der Waals surface area contributed by atoms with Gasteiger partial charge in [-0.2, -0.15) is 5.10 Å². The van der Waals surface area contributed by atoms with Crippen LogP contribution in [0.4, 0.5) is 0 Å². The number of methoxy groups -OCH3 is 1. The summed E-state index contributed by atoms with van der Waals surface area (Å²) in [6.07, 6.45) is 1.58. The second-order valence-electron chi connectivity index (χ2n) is 6.23. The van der Waals surface area contributed by atoms with E-state index in [2.05, 4.69) is 10.5 Å². The van der Waals surface area contributed by atoms with Crippen molar-refractivity contribution in [3.05, 3.63) is 95.1 Å². The van der Waals surface area contributed by atoms with Crippen LogP contribution < -0.4 is 14.9 Å². The average Bonchev–Trinajstić information content (AvgIpc) is 2.74. The van der Waals surface area contributed by atoms with E-state index in [0.717, 1.165) is 22.4 Å². The molecule has 28 heavy (non-hydrogen) atoms. The predicted molar refractivity (Wildman–Crippen MR) is 110 cm³/mol. The first kappa shape index (κ1) is 19.2. The Morgan fingerprint density at radius 3 is 2.50 bits per heavy atom. The van der Waals surface area contributed by atoms with Crippen LogP contribution in [0.3, 0.4) is 0 Å². The summed E-state index contributed by atoms with van der Waals surface area (Å²) >= 11 is 0. The van der Waals surface area contributed by atoms with Crippen molar-refractivity contribution in [1.29, 1.82) is 0 Å². The van der Waals surface area contributed by atoms with Crippen molar-refractivity contribution >= 4 is 12.1 Å². The lowest BCUT2D eigenvalue weighted by Crippen LogP contribution is -2.17. The van der Waals surface area contributed by atoms with E-state index in [1.165, 1.54) is 0 Å². The molecule has 3 rings (SSSR count). The Morgan fingerprint density at radius 1 is 1.04 bits per heavy atom. The van der Waals surface area contributed by atoms with Gasteiger partial charge >= 0.3 is 0 Å². The third-order valence-electron chi connectivity index (χ3n) is 4.18. The Bertz CT molecular complexity index is 951. The lowest BCUT2D eigenvalue weighted by Gasteiger charge is -2.07. The first-order chi connectivity index (χ1) is 13.7. The van der Waals surface area contributed by atoms with Crippen LogP contribution in [-0.4, -0.2) is 19.2 Å². The topological polar surface area (TPSA) is 59.9 Å². The van der Waals surface area contributed by atoms with Crippen molar-refractivity contribution in [3.8, 4) is 11.5 Å². The number of hydrazone groups is 1. The highest BCUT2D eigenvalue weighted by Gasteiger charge is 2.05. The third-order valence-corrected chi connectivity index (χ3v) is 4.18. The number of nitrogens with one attached hydrogen (secondary N) is 1. The highest BCUT2D eigenvalue weighted by atomic mass is 16.5. The van der Waals surface area contributed by atoms with Gasteiger partial charge in [-0.25, -0.2) is 5.43 Å². The Morgan fingerprint density at radius 2 is 1.79 bits per heavy atom. The van der Waals surface area contributed by atoms with Crippen molar-refractivity contribution in [2.75, 3.05) is 7.11 Å². The zero-order chi connectivity index (χ0) is 19.8. The van der Waals surface area contributed by atoms with Crippen LogP contribution in [-0.2, 0) is 6.61 Å². The number of nitrogens with zero attached hydrogens (tertiary/aromatic N) is 1. The minimum absolute atomic E-state index is 0.287. The van der Waals surface area contributed by atoms with E-state index in [4.69, 9.17) is 9.47 Å². The number of benzene rings is 3. The zero-order valence-electron chi connectivity index (χ0n) is 15.9. The van der Waals surface area contributed by atoms with Gasteiger partial charge in [0.25, 0.3) is 5.91 Å². The minimum atomic E-state index is -0.287. The van der Waals surface area contributed by atoms with Crippen LogP contribution in [0, 0.1) is 6.92 Å². The van der Waals surface area contributed by atoms with E-state index in [9.17, 15) is 4.79 Å². The van der Waals surface area contributed by atoms with Crippen LogP contribution in [0.2, 0.25) is 0 Å². The Hall–Kier alpha value is -3.60. The van der Waals surface area contributed by atoms with Gasteiger partial charge in [-0.05, 0) is 53.9 Å². The van der Waals surface area contributed by atoms with E-state index >= 15 is 0 Å². The lowest BCUT2D eigenvalue weighted by molar-refractivity contribution is 0.0955. The average molecular weight is 374 g/mol. The molecule has 0 fully saturated rings. The Balaban J connectivity index is 1.54. The van der Waals surface area contributed by atoms with Crippen LogP contribution in [0.5, 0.6) is 11.5 Å². The predicted octanol–water partition coefficient (Wildman–Crippen LogP) is 4.35. The summed E-state index contributed by atoms with van der Waals surface area (Å²) in [5.41, 5.74) is 6.00. The van der Waals surface area contributed by atoms with Crippen molar-refractivity contribution in [3.63, 3.8) is 0 Å². The number of hydrogen-bond donors (Lipinski definition) is 1. The molecular weight excluding hydrogens is 352 g/mol. The molecule has 0 spiro atoms. The quantitative estimate of drug-likeness (QED) is 0.494. The molecule has 0 atom stereocenters. The van der Waals surface area contributed by atoms with Gasteiger partial charge in [0.05, 0.1) is 13.3 Å². The maximum Gasteiger partial charge on any atom is 0.271 e. The standard InChI is InChI=1S/C23H22N2O3/c1-17-8-9-19(14-22(17)27-2)15-24-25-23(26)20-10-12-21(13-11-20)28-16-18-6-4-3-5-7-18/h3-15H,16H2,1-2H3,(H,25,26)/b24-15+. The van der Waals surface area contributed by atoms with Gasteiger partial charge in [-0.1, -0.05) is 42.5 Å². The van der Waals surface area contributed by atoms with Gasteiger partial charge in [0, 0.05) is 5.56 Å². The van der Waals surface area contributed by atoms with Gasteiger partial charge < -0.3 is 9.47 Å². The molecule has 0 radical (unpaired) electrons. The smallest absolute Gasteiger partial charge is 0.271 e. The summed E-state index contributed by atoms with van der Waals surface area (Å²) in [6, 6.07) is 22.6. The molecule has 3 aromatic carbocycles. The second-order valence-corrected chi connectivity index (χ2v) is 6.23. The number of hydrogen-bond acceptors (Lipinski definition) is 4. The fraction of sp³-hybridized carbons (Fsp3) is 0.130. The minimum Gasteiger partial charge on any atom is -0.496 e. The molecule has 0 saturated carbocycles. The van der Waals surface area contributed by atoms with Gasteiger partial charge in [0.1, 0.15) is 18.1 Å².